The molecule has 28 heavy (non-hydrogen) atoms. The van der Waals surface area contributed by atoms with Crippen molar-refractivity contribution >= 4 is 23.2 Å². The summed E-state index contributed by atoms with van der Waals surface area (Å²) in [7, 11) is 0. The van der Waals surface area contributed by atoms with E-state index < -0.39 is 0 Å². The molecule has 4 nitrogen and oxygen atoms in total. The molecule has 1 aliphatic rings. The van der Waals surface area contributed by atoms with Gasteiger partial charge < -0.3 is 10.1 Å². The number of likely N-dealkylation sites (tertiary alicyclic amines) is 1. The van der Waals surface area contributed by atoms with Gasteiger partial charge in [0.25, 0.3) is 0 Å². The fourth-order valence-corrected chi connectivity index (χ4v) is 3.58. The van der Waals surface area contributed by atoms with Gasteiger partial charge in [-0.15, -0.1) is 0 Å². The number of ether oxygens (including phenoxy) is 1. The summed E-state index contributed by atoms with van der Waals surface area (Å²) in [6.45, 7) is 5.86. The number of nitrogens with one attached hydrogen (secondary N) is 1. The van der Waals surface area contributed by atoms with Crippen LogP contribution >= 0.6 is 11.6 Å². The monoisotopic (exact) mass is 402 g/mol. The van der Waals surface area contributed by atoms with Crippen molar-refractivity contribution in [3.05, 3.63) is 71.5 Å². The molecule has 0 aliphatic carbocycles. The Morgan fingerprint density at radius 3 is 2.82 bits per heavy atom. The molecule has 1 heterocycles. The lowest BCUT2D eigenvalue weighted by molar-refractivity contribution is -0.121. The summed E-state index contributed by atoms with van der Waals surface area (Å²) in [6.07, 6.45) is 3.38. The number of carbonyl (C=O) groups is 1. The zero-order valence-corrected chi connectivity index (χ0v) is 16.4. The molecule has 1 atom stereocenters. The number of halogens is 2. The Balaban J connectivity index is 1.57. The van der Waals surface area contributed by atoms with Gasteiger partial charge in [0.15, 0.2) is 0 Å². The van der Waals surface area contributed by atoms with Crippen LogP contribution in [0, 0.1) is 11.7 Å². The highest BCUT2D eigenvalue weighted by atomic mass is 35.5. The van der Waals surface area contributed by atoms with Crippen LogP contribution in [0.25, 0.3) is 0 Å². The molecule has 2 aromatic carbocycles. The van der Waals surface area contributed by atoms with E-state index in [-0.39, 0.29) is 17.6 Å². The third-order valence-electron chi connectivity index (χ3n) is 4.81. The fraction of sp³-hybridized carbons (Fsp3) is 0.318. The highest BCUT2D eigenvalue weighted by Gasteiger charge is 2.26. The van der Waals surface area contributed by atoms with Crippen LogP contribution in [0.15, 0.2) is 55.1 Å². The Labute approximate surface area is 169 Å². The minimum absolute atomic E-state index is 0.0240. The molecule has 1 aliphatic heterocycles. The largest absolute Gasteiger partial charge is 0.490 e. The number of nitrogens with zero attached hydrogens (tertiary/aromatic N) is 1. The molecule has 1 fully saturated rings. The van der Waals surface area contributed by atoms with Crippen LogP contribution in [0.5, 0.6) is 5.75 Å². The maximum absolute atomic E-state index is 14.1. The highest BCUT2D eigenvalue weighted by molar-refractivity contribution is 6.31. The number of carbonyl (C=O) groups excluding carboxylic acids is 1. The fourth-order valence-electron chi connectivity index (χ4n) is 3.35. The maximum Gasteiger partial charge on any atom is 0.228 e. The SMILES string of the molecule is C=CCOc1ccc(NC(=O)C2CCCN(Cc3c(F)cccc3Cl)C2)cc1. The lowest BCUT2D eigenvalue weighted by Crippen LogP contribution is -2.40. The molecule has 1 saturated heterocycles. The van der Waals surface area contributed by atoms with Crippen molar-refractivity contribution in [3.8, 4) is 5.75 Å². The Morgan fingerprint density at radius 1 is 1.32 bits per heavy atom. The molecule has 0 radical (unpaired) electrons. The standard InChI is InChI=1S/C22H24ClFN2O2/c1-2-13-28-18-10-8-17(9-11-18)25-22(27)16-5-4-12-26(14-16)15-19-20(23)6-3-7-21(19)24/h2-3,6-11,16H,1,4-5,12-15H2,(H,25,27). The molecule has 2 aromatic rings. The Kier molecular flexibility index (Phi) is 7.06. The van der Waals surface area contributed by atoms with Gasteiger partial charge in [-0.2, -0.15) is 0 Å². The first-order chi connectivity index (χ1) is 13.6. The van der Waals surface area contributed by atoms with Crippen molar-refractivity contribution in [3.63, 3.8) is 0 Å². The normalized spacial score (nSPS) is 17.1. The lowest BCUT2D eigenvalue weighted by atomic mass is 9.96. The molecule has 0 bridgehead atoms. The number of piperidine rings is 1. The van der Waals surface area contributed by atoms with Crippen molar-refractivity contribution in [1.82, 2.24) is 4.90 Å². The average Bonchev–Trinajstić information content (AvgIpc) is 2.70. The molecule has 1 amide bonds. The number of benzene rings is 2. The van der Waals surface area contributed by atoms with Crippen LogP contribution in [0.3, 0.4) is 0 Å². The third kappa shape index (κ3) is 5.33. The van der Waals surface area contributed by atoms with Gasteiger partial charge in [-0.1, -0.05) is 30.3 Å². The summed E-state index contributed by atoms with van der Waals surface area (Å²) in [4.78, 5) is 14.8. The predicted octanol–water partition coefficient (Wildman–Crippen LogP) is 4.89. The van der Waals surface area contributed by atoms with Gasteiger partial charge in [-0.25, -0.2) is 4.39 Å². The van der Waals surface area contributed by atoms with Crippen LogP contribution in [-0.4, -0.2) is 30.5 Å². The van der Waals surface area contributed by atoms with Crippen molar-refractivity contribution in [2.45, 2.75) is 19.4 Å². The van der Waals surface area contributed by atoms with Crippen LogP contribution in [0.2, 0.25) is 5.02 Å². The molecular formula is C22H24ClFN2O2. The second-order valence-electron chi connectivity index (χ2n) is 6.89. The van der Waals surface area contributed by atoms with Crippen molar-refractivity contribution in [2.75, 3.05) is 25.0 Å². The second kappa shape index (κ2) is 9.71. The molecule has 6 heteroatoms. The first-order valence-corrected chi connectivity index (χ1v) is 9.74. The van der Waals surface area contributed by atoms with Gasteiger partial charge in [0.2, 0.25) is 5.91 Å². The molecule has 148 valence electrons. The van der Waals surface area contributed by atoms with E-state index in [1.807, 2.05) is 24.3 Å². The molecule has 0 saturated carbocycles. The molecule has 3 rings (SSSR count). The quantitative estimate of drug-likeness (QED) is 0.670. The van der Waals surface area contributed by atoms with Crippen molar-refractivity contribution in [1.29, 1.82) is 0 Å². The van der Waals surface area contributed by atoms with Gasteiger partial charge >= 0.3 is 0 Å². The Hall–Kier alpha value is -2.37. The van der Waals surface area contributed by atoms with Gasteiger partial charge in [-0.05, 0) is 55.8 Å². The van der Waals surface area contributed by atoms with E-state index in [0.717, 1.165) is 30.8 Å². The van der Waals surface area contributed by atoms with E-state index >= 15 is 0 Å². The van der Waals surface area contributed by atoms with E-state index in [2.05, 4.69) is 16.8 Å². The van der Waals surface area contributed by atoms with E-state index in [1.54, 1.807) is 18.2 Å². The van der Waals surface area contributed by atoms with E-state index in [0.29, 0.717) is 30.3 Å². The second-order valence-corrected chi connectivity index (χ2v) is 7.29. The first-order valence-electron chi connectivity index (χ1n) is 9.36. The molecule has 1 unspecified atom stereocenters. The third-order valence-corrected chi connectivity index (χ3v) is 5.16. The molecular weight excluding hydrogens is 379 g/mol. The van der Waals surface area contributed by atoms with Crippen molar-refractivity contribution < 1.29 is 13.9 Å². The number of rotatable bonds is 7. The molecule has 0 aromatic heterocycles. The van der Waals surface area contributed by atoms with E-state index in [4.69, 9.17) is 16.3 Å². The van der Waals surface area contributed by atoms with E-state index in [1.165, 1.54) is 6.07 Å². The Bertz CT molecular complexity index is 806. The topological polar surface area (TPSA) is 41.6 Å². The predicted molar refractivity (Wildman–Crippen MR) is 110 cm³/mol. The number of hydrogen-bond donors (Lipinski definition) is 1. The average molecular weight is 403 g/mol. The van der Waals surface area contributed by atoms with Crippen LogP contribution in [0.1, 0.15) is 18.4 Å². The Morgan fingerprint density at radius 2 is 2.11 bits per heavy atom. The van der Waals surface area contributed by atoms with Gasteiger partial charge in [-0.3, -0.25) is 9.69 Å². The van der Waals surface area contributed by atoms with E-state index in [9.17, 15) is 9.18 Å². The van der Waals surface area contributed by atoms with Crippen LogP contribution in [0.4, 0.5) is 10.1 Å². The zero-order valence-electron chi connectivity index (χ0n) is 15.7. The summed E-state index contributed by atoms with van der Waals surface area (Å²) >= 11 is 6.14. The molecule has 0 spiro atoms. The minimum atomic E-state index is -0.308. The lowest BCUT2D eigenvalue weighted by Gasteiger charge is -2.32. The zero-order chi connectivity index (χ0) is 19.9. The van der Waals surface area contributed by atoms with Gasteiger partial charge in [0, 0.05) is 29.4 Å². The summed E-state index contributed by atoms with van der Waals surface area (Å²) < 4.78 is 19.5. The summed E-state index contributed by atoms with van der Waals surface area (Å²) in [5.74, 6) is 0.251. The van der Waals surface area contributed by atoms with Gasteiger partial charge in [0.1, 0.15) is 18.2 Å². The van der Waals surface area contributed by atoms with Crippen LogP contribution < -0.4 is 10.1 Å². The number of amides is 1. The maximum atomic E-state index is 14.1. The van der Waals surface area contributed by atoms with Crippen molar-refractivity contribution in [2.24, 2.45) is 5.92 Å². The minimum Gasteiger partial charge on any atom is -0.490 e. The highest BCUT2D eigenvalue weighted by Crippen LogP contribution is 2.25. The number of anilines is 1. The van der Waals surface area contributed by atoms with Gasteiger partial charge in [0.05, 0.1) is 5.92 Å². The summed E-state index contributed by atoms with van der Waals surface area (Å²) in [5.41, 5.74) is 1.21. The number of hydrogen-bond acceptors (Lipinski definition) is 3. The summed E-state index contributed by atoms with van der Waals surface area (Å²) in [5, 5.41) is 3.38. The molecule has 1 N–H and O–H groups in total. The summed E-state index contributed by atoms with van der Waals surface area (Å²) in [6, 6.07) is 12.0. The first kappa shape index (κ1) is 20.4. The smallest absolute Gasteiger partial charge is 0.228 e. The van der Waals surface area contributed by atoms with Crippen LogP contribution in [-0.2, 0) is 11.3 Å².